The molecule has 39 heavy (non-hydrogen) atoms. The summed E-state index contributed by atoms with van der Waals surface area (Å²) in [5, 5.41) is -0.302. The normalized spacial score (nSPS) is 19.1. The van der Waals surface area contributed by atoms with Crippen LogP contribution < -0.4 is 19.3 Å². The Morgan fingerprint density at radius 3 is 2.51 bits per heavy atom. The van der Waals surface area contributed by atoms with Crippen LogP contribution >= 0.6 is 0 Å². The highest BCUT2D eigenvalue weighted by Gasteiger charge is 2.40. The molecule has 1 atom stereocenters. The number of anilines is 2. The molecule has 2 aliphatic heterocycles. The third kappa shape index (κ3) is 5.56. The molecule has 2 saturated heterocycles. The molecule has 0 saturated carbocycles. The van der Waals surface area contributed by atoms with Gasteiger partial charge in [0.05, 0.1) is 11.3 Å². The van der Waals surface area contributed by atoms with Crippen LogP contribution in [0.3, 0.4) is 0 Å². The highest BCUT2D eigenvalue weighted by Crippen LogP contribution is 2.38. The van der Waals surface area contributed by atoms with Gasteiger partial charge in [-0.25, -0.2) is 9.71 Å². The van der Waals surface area contributed by atoms with Crippen molar-refractivity contribution in [1.29, 1.82) is 0 Å². The van der Waals surface area contributed by atoms with Crippen molar-refractivity contribution in [1.82, 2.24) is 14.7 Å². The summed E-state index contributed by atoms with van der Waals surface area (Å²) in [5.74, 6) is 0.847. The topological polar surface area (TPSA) is 105 Å². The maximum Gasteiger partial charge on any atom is 0.281 e. The Morgan fingerprint density at radius 2 is 1.77 bits per heavy atom. The van der Waals surface area contributed by atoms with E-state index in [-0.39, 0.29) is 22.0 Å². The van der Waals surface area contributed by atoms with Gasteiger partial charge >= 0.3 is 0 Å². The number of ether oxygens (including phenoxy) is 1. The van der Waals surface area contributed by atoms with Gasteiger partial charge in [-0.2, -0.15) is 13.4 Å². The van der Waals surface area contributed by atoms with Crippen molar-refractivity contribution in [3.8, 4) is 11.6 Å². The Bertz CT molecular complexity index is 1450. The first-order valence-corrected chi connectivity index (χ1v) is 14.9. The zero-order chi connectivity index (χ0) is 27.6. The summed E-state index contributed by atoms with van der Waals surface area (Å²) < 4.78 is 34.8. The number of pyridine rings is 2. The van der Waals surface area contributed by atoms with E-state index in [0.29, 0.717) is 17.5 Å². The van der Waals surface area contributed by atoms with E-state index >= 15 is 0 Å². The molecule has 1 unspecified atom stereocenters. The maximum absolute atomic E-state index is 13.3. The molecule has 2 aromatic heterocycles. The number of hydrogen-bond donors (Lipinski definition) is 1. The number of para-hydroxylation sites is 2. The molecule has 3 aromatic rings. The fourth-order valence-electron chi connectivity index (χ4n) is 5.28. The summed E-state index contributed by atoms with van der Waals surface area (Å²) in [5.41, 5.74) is 0.926. The molecule has 2 aliphatic rings. The van der Waals surface area contributed by atoms with Crippen molar-refractivity contribution < 1.29 is 17.9 Å². The molecule has 1 aromatic carbocycles. The van der Waals surface area contributed by atoms with Crippen LogP contribution in [-0.2, 0) is 10.0 Å². The first-order chi connectivity index (χ1) is 18.7. The summed E-state index contributed by atoms with van der Waals surface area (Å²) in [4.78, 5) is 26.3. The summed E-state index contributed by atoms with van der Waals surface area (Å²) in [6.07, 6.45) is 6.02. The van der Waals surface area contributed by atoms with Crippen LogP contribution in [0.4, 0.5) is 11.5 Å². The van der Waals surface area contributed by atoms with Gasteiger partial charge in [-0.1, -0.05) is 25.1 Å². The summed E-state index contributed by atoms with van der Waals surface area (Å²) in [7, 11) is -4.28. The number of nitrogens with zero attached hydrogens (tertiary/aromatic N) is 4. The van der Waals surface area contributed by atoms with E-state index in [1.54, 1.807) is 30.5 Å². The highest BCUT2D eigenvalue weighted by atomic mass is 32.2. The first-order valence-electron chi connectivity index (χ1n) is 13.5. The zero-order valence-electron chi connectivity index (χ0n) is 22.6. The van der Waals surface area contributed by atoms with Crippen molar-refractivity contribution in [3.05, 3.63) is 66.4 Å². The van der Waals surface area contributed by atoms with Crippen LogP contribution in [-0.4, -0.2) is 49.5 Å². The largest absolute Gasteiger partial charge is 0.437 e. The van der Waals surface area contributed by atoms with Gasteiger partial charge in [-0.15, -0.1) is 0 Å². The number of amides is 1. The Hall–Kier alpha value is -3.66. The second kappa shape index (κ2) is 10.8. The lowest BCUT2D eigenvalue weighted by Gasteiger charge is -2.36. The number of carbonyl (C=O) groups is 1. The van der Waals surface area contributed by atoms with Crippen molar-refractivity contribution in [2.24, 2.45) is 5.92 Å². The molecular weight excluding hydrogens is 514 g/mol. The lowest BCUT2D eigenvalue weighted by Crippen LogP contribution is -2.43. The van der Waals surface area contributed by atoms with Crippen LogP contribution in [0.5, 0.6) is 11.6 Å². The zero-order valence-corrected chi connectivity index (χ0v) is 23.4. The maximum atomic E-state index is 13.3. The van der Waals surface area contributed by atoms with E-state index in [1.165, 1.54) is 12.5 Å². The molecule has 0 aliphatic carbocycles. The SMILES string of the molecule is CC1CCN(c2ncccc2C(=O)NS(=O)(=O)c2cccc(Oc3ccccc3N3CCCCC3)n2)C1(C)C. The minimum absolute atomic E-state index is 0.129. The molecule has 4 heterocycles. The molecule has 206 valence electrons. The molecular formula is C29H35N5O4S. The van der Waals surface area contributed by atoms with Crippen LogP contribution in [0.15, 0.2) is 65.8 Å². The average molecular weight is 550 g/mol. The third-order valence-electron chi connectivity index (χ3n) is 7.95. The average Bonchev–Trinajstić information content (AvgIpc) is 3.21. The van der Waals surface area contributed by atoms with E-state index in [9.17, 15) is 13.2 Å². The smallest absolute Gasteiger partial charge is 0.281 e. The van der Waals surface area contributed by atoms with Crippen LogP contribution in [0.1, 0.15) is 56.8 Å². The fraction of sp³-hybridized carbons (Fsp3) is 0.414. The van der Waals surface area contributed by atoms with Gasteiger partial charge < -0.3 is 14.5 Å². The van der Waals surface area contributed by atoms with Crippen LogP contribution in [0.2, 0.25) is 0 Å². The van der Waals surface area contributed by atoms with Gasteiger partial charge in [-0.05, 0) is 75.8 Å². The first kappa shape index (κ1) is 26.9. The summed E-state index contributed by atoms with van der Waals surface area (Å²) >= 11 is 0. The standard InChI is InChI=1S/C29H35N5O4S/c1-21-16-20-34(29(21,2)3)27-22(11-10-17-30-27)28(35)32-39(36,37)26-15-9-14-25(31-26)38-24-13-6-5-12-23(24)33-18-7-4-8-19-33/h5-6,9-15,17,21H,4,7-8,16,18-20H2,1-3H3,(H,32,35). The number of benzene rings is 1. The van der Waals surface area contributed by atoms with Crippen LogP contribution in [0.25, 0.3) is 0 Å². The molecule has 0 spiro atoms. The highest BCUT2D eigenvalue weighted by molar-refractivity contribution is 7.90. The quantitative estimate of drug-likeness (QED) is 0.439. The number of rotatable bonds is 7. The van der Waals surface area contributed by atoms with E-state index in [4.69, 9.17) is 4.74 Å². The Labute approximate surface area is 230 Å². The number of aromatic nitrogens is 2. The molecule has 5 rings (SSSR count). The lowest BCUT2D eigenvalue weighted by atomic mass is 9.90. The molecule has 1 N–H and O–H groups in total. The fourth-order valence-corrected chi connectivity index (χ4v) is 6.21. The minimum atomic E-state index is -4.28. The minimum Gasteiger partial charge on any atom is -0.437 e. The number of sulfonamides is 1. The van der Waals surface area contributed by atoms with E-state index in [0.717, 1.165) is 44.6 Å². The van der Waals surface area contributed by atoms with Crippen molar-refractivity contribution in [3.63, 3.8) is 0 Å². The van der Waals surface area contributed by atoms with Gasteiger partial charge in [0.15, 0.2) is 10.8 Å². The molecule has 0 bridgehead atoms. The Balaban J connectivity index is 1.36. The van der Waals surface area contributed by atoms with Gasteiger partial charge in [0.1, 0.15) is 5.82 Å². The Kier molecular flexibility index (Phi) is 7.48. The second-order valence-electron chi connectivity index (χ2n) is 10.7. The molecule has 10 heteroatoms. The van der Waals surface area contributed by atoms with Gasteiger partial charge in [0.2, 0.25) is 5.88 Å². The van der Waals surface area contributed by atoms with Crippen LogP contribution in [0, 0.1) is 5.92 Å². The second-order valence-corrected chi connectivity index (χ2v) is 12.4. The number of piperidine rings is 1. The van der Waals surface area contributed by atoms with Gasteiger partial charge in [0, 0.05) is 37.4 Å². The molecule has 0 radical (unpaired) electrons. The summed E-state index contributed by atoms with van der Waals surface area (Å²) in [6.45, 7) is 9.00. The van der Waals surface area contributed by atoms with Gasteiger partial charge in [-0.3, -0.25) is 4.79 Å². The monoisotopic (exact) mass is 549 g/mol. The molecule has 1 amide bonds. The summed E-state index contributed by atoms with van der Waals surface area (Å²) in [6, 6.07) is 15.4. The third-order valence-corrected chi connectivity index (χ3v) is 9.18. The number of carbonyl (C=O) groups excluding carboxylic acids is 1. The predicted molar refractivity (Wildman–Crippen MR) is 151 cm³/mol. The molecule has 2 fully saturated rings. The molecule has 9 nitrogen and oxygen atoms in total. The predicted octanol–water partition coefficient (Wildman–Crippen LogP) is 5.00. The van der Waals surface area contributed by atoms with Crippen molar-refractivity contribution in [2.75, 3.05) is 29.4 Å². The van der Waals surface area contributed by atoms with Crippen molar-refractivity contribution >= 4 is 27.4 Å². The van der Waals surface area contributed by atoms with E-state index in [1.807, 2.05) is 24.3 Å². The Morgan fingerprint density at radius 1 is 1.00 bits per heavy atom. The van der Waals surface area contributed by atoms with E-state index < -0.39 is 15.9 Å². The van der Waals surface area contributed by atoms with Gasteiger partial charge in [0.25, 0.3) is 15.9 Å². The lowest BCUT2D eigenvalue weighted by molar-refractivity contribution is 0.0981. The van der Waals surface area contributed by atoms with E-state index in [2.05, 4.69) is 45.3 Å². The number of nitrogens with one attached hydrogen (secondary N) is 1. The number of hydrogen-bond acceptors (Lipinski definition) is 8. The van der Waals surface area contributed by atoms with Crippen molar-refractivity contribution in [2.45, 2.75) is 57.0 Å².